The summed E-state index contributed by atoms with van der Waals surface area (Å²) in [5.74, 6) is -3.84. The van der Waals surface area contributed by atoms with Crippen molar-refractivity contribution in [1.29, 1.82) is 0 Å². The number of piperazine rings is 1. The molecule has 2 aromatic carbocycles. The van der Waals surface area contributed by atoms with Gasteiger partial charge in [0.25, 0.3) is 5.56 Å². The van der Waals surface area contributed by atoms with Crippen LogP contribution in [0.1, 0.15) is 49.9 Å². The van der Waals surface area contributed by atoms with E-state index >= 15 is 13.2 Å². The van der Waals surface area contributed by atoms with Crippen molar-refractivity contribution in [3.05, 3.63) is 91.7 Å². The molecule has 0 aliphatic carbocycles. The number of aryl methyl sites for hydroxylation is 1. The largest absolute Gasteiger partial charge is 0.397 e. The van der Waals surface area contributed by atoms with Crippen LogP contribution in [0, 0.1) is 24.4 Å². The van der Waals surface area contributed by atoms with Gasteiger partial charge < -0.3 is 15.5 Å². The van der Waals surface area contributed by atoms with Crippen molar-refractivity contribution in [2.24, 2.45) is 0 Å². The molecular formula is C34H32Cl2F3N5O2. The number of benzene rings is 2. The van der Waals surface area contributed by atoms with Crippen molar-refractivity contribution in [1.82, 2.24) is 14.5 Å². The molecule has 7 nitrogen and oxygen atoms in total. The normalized spacial score (nSPS) is 17.8. The molecule has 0 bridgehead atoms. The Morgan fingerprint density at radius 3 is 2.50 bits per heavy atom. The van der Waals surface area contributed by atoms with Gasteiger partial charge in [-0.25, -0.2) is 13.2 Å². The zero-order valence-corrected chi connectivity index (χ0v) is 27.2. The second-order valence-corrected chi connectivity index (χ2v) is 13.1. The van der Waals surface area contributed by atoms with E-state index in [0.29, 0.717) is 54.1 Å². The number of nitrogens with two attached hydrogens (primary N) is 1. The number of carbonyl (C=O) groups excluding carboxylic acids is 1. The summed E-state index contributed by atoms with van der Waals surface area (Å²) in [6.45, 7) is 11.7. The highest BCUT2D eigenvalue weighted by Crippen LogP contribution is 2.46. The number of nitrogen functional groups attached to an aromatic ring is 1. The van der Waals surface area contributed by atoms with E-state index in [0.717, 1.165) is 12.1 Å². The Labute approximate surface area is 274 Å². The van der Waals surface area contributed by atoms with E-state index in [4.69, 9.17) is 28.9 Å². The first-order chi connectivity index (χ1) is 21.8. The summed E-state index contributed by atoms with van der Waals surface area (Å²) in [7, 11) is 0. The van der Waals surface area contributed by atoms with Crippen LogP contribution in [0.15, 0.2) is 41.8 Å². The maximum atomic E-state index is 17.3. The number of anilines is 2. The highest BCUT2D eigenvalue weighted by Gasteiger charge is 2.40. The predicted molar refractivity (Wildman–Crippen MR) is 177 cm³/mol. The van der Waals surface area contributed by atoms with Gasteiger partial charge in [-0.15, -0.1) is 0 Å². The number of halogens is 5. The molecule has 2 atom stereocenters. The lowest BCUT2D eigenvalue weighted by molar-refractivity contribution is -0.129. The van der Waals surface area contributed by atoms with Crippen LogP contribution in [0.4, 0.5) is 24.5 Å². The van der Waals surface area contributed by atoms with Crippen LogP contribution >= 0.6 is 23.2 Å². The second kappa shape index (κ2) is 11.7. The number of fused-ring (bicyclic) bond motifs is 5. The molecule has 0 radical (unpaired) electrons. The fraction of sp³-hybridized carbons (Fsp3) is 0.324. The summed E-state index contributed by atoms with van der Waals surface area (Å²) in [6.07, 6.45) is 3.72. The highest BCUT2D eigenvalue weighted by atomic mass is 35.5. The Bertz CT molecular complexity index is 2000. The standard InChI is InChI=1S/C34H32Cl2F3N5O2/c1-6-24(45)42-14-18-7-8-19-32(43(18)13-17(42)5)20-11-23(37)25(26-27(38)21(35)12-22(36)29(26)40)28(39)33(20)44(34(19)46)31-16(4)9-10-41-30(31)15(2)3/h6,9-12,15,17-18H,1,7-8,13-14,40H2,2-5H3. The van der Waals surface area contributed by atoms with Gasteiger partial charge in [-0.3, -0.25) is 19.1 Å². The minimum atomic E-state index is -1.20. The molecule has 1 fully saturated rings. The van der Waals surface area contributed by atoms with Gasteiger partial charge in [-0.1, -0.05) is 43.6 Å². The highest BCUT2D eigenvalue weighted by molar-refractivity contribution is 6.37. The van der Waals surface area contributed by atoms with Crippen LogP contribution in [0.2, 0.25) is 10.0 Å². The van der Waals surface area contributed by atoms with Crippen LogP contribution in [0.25, 0.3) is 27.7 Å². The zero-order valence-electron chi connectivity index (χ0n) is 25.7. The molecule has 2 aliphatic rings. The Morgan fingerprint density at radius 2 is 1.83 bits per heavy atom. The van der Waals surface area contributed by atoms with Gasteiger partial charge in [-0.05, 0) is 62.4 Å². The summed E-state index contributed by atoms with van der Waals surface area (Å²) in [5, 5.41) is -0.527. The van der Waals surface area contributed by atoms with E-state index < -0.39 is 44.8 Å². The van der Waals surface area contributed by atoms with Gasteiger partial charge in [0.15, 0.2) is 11.6 Å². The fourth-order valence-electron chi connectivity index (χ4n) is 6.94. The second-order valence-electron chi connectivity index (χ2n) is 12.3. The number of rotatable bonds is 4. The number of nitrogens with zero attached hydrogens (tertiary/aromatic N) is 4. The van der Waals surface area contributed by atoms with Crippen molar-refractivity contribution in [3.8, 4) is 16.8 Å². The topological polar surface area (TPSA) is 84.5 Å². The van der Waals surface area contributed by atoms with Crippen LogP contribution in [-0.2, 0) is 11.2 Å². The van der Waals surface area contributed by atoms with Gasteiger partial charge >= 0.3 is 0 Å². The molecule has 4 aromatic rings. The lowest BCUT2D eigenvalue weighted by Crippen LogP contribution is -2.60. The molecule has 12 heteroatoms. The summed E-state index contributed by atoms with van der Waals surface area (Å²) in [6, 6.07) is 3.39. The number of carbonyl (C=O) groups is 1. The third kappa shape index (κ3) is 4.76. The van der Waals surface area contributed by atoms with Crippen molar-refractivity contribution in [3.63, 3.8) is 0 Å². The molecule has 240 valence electrons. The van der Waals surface area contributed by atoms with Crippen molar-refractivity contribution in [2.45, 2.75) is 58.5 Å². The van der Waals surface area contributed by atoms with E-state index in [1.54, 1.807) is 24.1 Å². The van der Waals surface area contributed by atoms with Crippen molar-refractivity contribution in [2.75, 3.05) is 23.7 Å². The molecule has 6 rings (SSSR count). The number of hydrogen-bond acceptors (Lipinski definition) is 5. The monoisotopic (exact) mass is 669 g/mol. The van der Waals surface area contributed by atoms with E-state index in [1.807, 2.05) is 25.7 Å². The zero-order chi connectivity index (χ0) is 33.4. The molecule has 2 aromatic heterocycles. The molecule has 2 aliphatic heterocycles. The summed E-state index contributed by atoms with van der Waals surface area (Å²) >= 11 is 12.3. The first kappa shape index (κ1) is 31.9. The van der Waals surface area contributed by atoms with E-state index in [-0.39, 0.29) is 39.8 Å². The van der Waals surface area contributed by atoms with Crippen LogP contribution in [0.5, 0.6) is 0 Å². The quantitative estimate of drug-likeness (QED) is 0.140. The molecule has 2 N–H and O–H groups in total. The van der Waals surface area contributed by atoms with Crippen molar-refractivity contribution >= 4 is 51.4 Å². The van der Waals surface area contributed by atoms with Gasteiger partial charge in [0.1, 0.15) is 5.82 Å². The van der Waals surface area contributed by atoms with E-state index in [2.05, 4.69) is 11.6 Å². The Balaban J connectivity index is 1.76. The minimum absolute atomic E-state index is 0.124. The lowest BCUT2D eigenvalue weighted by Gasteiger charge is -2.49. The molecule has 1 amide bonds. The third-order valence-electron chi connectivity index (χ3n) is 9.12. The summed E-state index contributed by atoms with van der Waals surface area (Å²) in [5.41, 5.74) is 5.83. The molecule has 0 saturated carbocycles. The number of hydrogen-bond donors (Lipinski definition) is 1. The molecular weight excluding hydrogens is 638 g/mol. The predicted octanol–water partition coefficient (Wildman–Crippen LogP) is 7.33. The van der Waals surface area contributed by atoms with E-state index in [9.17, 15) is 9.59 Å². The lowest BCUT2D eigenvalue weighted by atomic mass is 9.89. The van der Waals surface area contributed by atoms with Crippen LogP contribution < -0.4 is 16.2 Å². The Morgan fingerprint density at radius 1 is 1.11 bits per heavy atom. The van der Waals surface area contributed by atoms with Gasteiger partial charge in [0.2, 0.25) is 5.91 Å². The minimum Gasteiger partial charge on any atom is -0.397 e. The molecule has 4 heterocycles. The molecule has 2 unspecified atom stereocenters. The Hall–Kier alpha value is -4.02. The van der Waals surface area contributed by atoms with Crippen molar-refractivity contribution < 1.29 is 18.0 Å². The number of amides is 1. The first-order valence-electron chi connectivity index (χ1n) is 15.0. The molecule has 1 saturated heterocycles. The van der Waals surface area contributed by atoms with Gasteiger partial charge in [-0.2, -0.15) is 0 Å². The maximum absolute atomic E-state index is 17.3. The maximum Gasteiger partial charge on any atom is 0.261 e. The Kier molecular flexibility index (Phi) is 8.09. The summed E-state index contributed by atoms with van der Waals surface area (Å²) < 4.78 is 50.5. The first-order valence-corrected chi connectivity index (χ1v) is 15.7. The van der Waals surface area contributed by atoms with Crippen LogP contribution in [0.3, 0.4) is 0 Å². The smallest absolute Gasteiger partial charge is 0.261 e. The molecule has 46 heavy (non-hydrogen) atoms. The van der Waals surface area contributed by atoms with Crippen LogP contribution in [-0.4, -0.2) is 45.5 Å². The average molecular weight is 671 g/mol. The number of aromatic nitrogens is 2. The SMILES string of the molecule is C=CC(=O)N1CC2CCc3c(c4cc(F)c(-c5c(N)c(Cl)cc(Cl)c5F)c(F)c4n(-c4c(C)ccnc4C(C)C)c3=O)N2CC1C. The summed E-state index contributed by atoms with van der Waals surface area (Å²) in [4.78, 5) is 35.5. The molecule has 0 spiro atoms. The fourth-order valence-corrected chi connectivity index (χ4v) is 7.40. The van der Waals surface area contributed by atoms with Gasteiger partial charge in [0, 0.05) is 47.9 Å². The van der Waals surface area contributed by atoms with E-state index in [1.165, 1.54) is 10.6 Å². The average Bonchev–Trinajstić information content (AvgIpc) is 3.01. The van der Waals surface area contributed by atoms with Gasteiger partial charge in [0.05, 0.1) is 43.9 Å². The number of pyridine rings is 2. The third-order valence-corrected chi connectivity index (χ3v) is 9.70.